The SMILES string of the molecule is CCN(Cc1sc(CC(C)=O)nc1-c1cc(F)cc(C(F)(F)F)c1)C(C)C. The number of ketones is 1. The molecule has 0 unspecified atom stereocenters. The Morgan fingerprint density at radius 1 is 1.26 bits per heavy atom. The van der Waals surface area contributed by atoms with E-state index >= 15 is 0 Å². The number of thiazole rings is 1. The van der Waals surface area contributed by atoms with Crippen LogP contribution in [0.5, 0.6) is 0 Å². The van der Waals surface area contributed by atoms with E-state index in [0.29, 0.717) is 23.3 Å². The maximum atomic E-state index is 13.9. The Hall–Kier alpha value is -1.80. The average molecular weight is 402 g/mol. The van der Waals surface area contributed by atoms with Gasteiger partial charge >= 0.3 is 6.18 Å². The van der Waals surface area contributed by atoms with E-state index < -0.39 is 17.6 Å². The second kappa shape index (κ2) is 8.48. The minimum absolute atomic E-state index is 0.0724. The predicted octanol–water partition coefficient (Wildman–Crippen LogP) is 5.33. The van der Waals surface area contributed by atoms with E-state index in [1.807, 2.05) is 20.8 Å². The van der Waals surface area contributed by atoms with Crippen molar-refractivity contribution in [3.63, 3.8) is 0 Å². The number of Topliss-reactive ketones (excluding diaryl/α,β-unsaturated/α-hetero) is 1. The number of hydrogen-bond donors (Lipinski definition) is 0. The van der Waals surface area contributed by atoms with Crippen LogP contribution in [0, 0.1) is 5.82 Å². The van der Waals surface area contributed by atoms with E-state index in [1.165, 1.54) is 18.3 Å². The van der Waals surface area contributed by atoms with Gasteiger partial charge in [0, 0.05) is 23.0 Å². The highest BCUT2D eigenvalue weighted by Gasteiger charge is 2.32. The number of benzene rings is 1. The summed E-state index contributed by atoms with van der Waals surface area (Å²) in [6, 6.07) is 2.65. The molecule has 0 aliphatic carbocycles. The molecule has 0 aliphatic rings. The van der Waals surface area contributed by atoms with Crippen molar-refractivity contribution in [3.8, 4) is 11.3 Å². The summed E-state index contributed by atoms with van der Waals surface area (Å²) in [5.41, 5.74) is -0.677. The fourth-order valence-corrected chi connectivity index (χ4v) is 3.94. The summed E-state index contributed by atoms with van der Waals surface area (Å²) in [4.78, 5) is 18.7. The third kappa shape index (κ3) is 5.59. The molecule has 1 aromatic carbocycles. The maximum absolute atomic E-state index is 13.9. The summed E-state index contributed by atoms with van der Waals surface area (Å²) in [7, 11) is 0. The smallest absolute Gasteiger partial charge is 0.300 e. The zero-order chi connectivity index (χ0) is 20.4. The Morgan fingerprint density at radius 2 is 1.93 bits per heavy atom. The van der Waals surface area contributed by atoms with Crippen molar-refractivity contribution in [1.29, 1.82) is 0 Å². The maximum Gasteiger partial charge on any atom is 0.416 e. The lowest BCUT2D eigenvalue weighted by Gasteiger charge is -2.24. The molecule has 148 valence electrons. The molecule has 8 heteroatoms. The van der Waals surface area contributed by atoms with Crippen LogP contribution in [0.15, 0.2) is 18.2 Å². The minimum Gasteiger partial charge on any atom is -0.300 e. The highest BCUT2D eigenvalue weighted by molar-refractivity contribution is 7.12. The number of hydrogen-bond acceptors (Lipinski definition) is 4. The van der Waals surface area contributed by atoms with Crippen molar-refractivity contribution in [2.24, 2.45) is 0 Å². The molecule has 0 atom stereocenters. The van der Waals surface area contributed by atoms with Crippen molar-refractivity contribution >= 4 is 17.1 Å². The van der Waals surface area contributed by atoms with Gasteiger partial charge in [-0.25, -0.2) is 9.37 Å². The number of rotatable bonds is 7. The highest BCUT2D eigenvalue weighted by Crippen LogP contribution is 2.36. The molecule has 0 saturated heterocycles. The minimum atomic E-state index is -4.65. The van der Waals surface area contributed by atoms with Gasteiger partial charge in [0.2, 0.25) is 0 Å². The molecular formula is C19H22F4N2OS. The topological polar surface area (TPSA) is 33.2 Å². The number of carbonyl (C=O) groups excluding carboxylic acids is 1. The standard InChI is InChI=1S/C19H22F4N2OS/c1-5-25(11(2)3)10-16-18(24-17(27-16)6-12(4)26)13-7-14(19(21,22)23)9-15(20)8-13/h7-9,11H,5-6,10H2,1-4H3. The van der Waals surface area contributed by atoms with Gasteiger partial charge in [-0.15, -0.1) is 11.3 Å². The van der Waals surface area contributed by atoms with Crippen LogP contribution in [0.4, 0.5) is 17.6 Å². The Kier molecular flexibility index (Phi) is 6.75. The molecule has 0 N–H and O–H groups in total. The first-order valence-electron chi connectivity index (χ1n) is 8.61. The van der Waals surface area contributed by atoms with Crippen LogP contribution in [-0.2, 0) is 23.9 Å². The molecule has 1 aromatic heterocycles. The Bertz CT molecular complexity index is 815. The summed E-state index contributed by atoms with van der Waals surface area (Å²) in [5, 5.41) is 0.519. The third-order valence-electron chi connectivity index (χ3n) is 4.12. The second-order valence-electron chi connectivity index (χ2n) is 6.64. The van der Waals surface area contributed by atoms with Crippen LogP contribution in [0.25, 0.3) is 11.3 Å². The van der Waals surface area contributed by atoms with E-state index in [0.717, 1.165) is 23.6 Å². The molecule has 0 saturated carbocycles. The van der Waals surface area contributed by atoms with E-state index in [-0.39, 0.29) is 23.8 Å². The van der Waals surface area contributed by atoms with Crippen LogP contribution < -0.4 is 0 Å². The predicted molar refractivity (Wildman–Crippen MR) is 98.1 cm³/mol. The molecule has 3 nitrogen and oxygen atoms in total. The van der Waals surface area contributed by atoms with Gasteiger partial charge in [0.25, 0.3) is 0 Å². The number of alkyl halides is 3. The Balaban J connectivity index is 2.55. The van der Waals surface area contributed by atoms with Crippen LogP contribution in [0.3, 0.4) is 0 Å². The third-order valence-corrected chi connectivity index (χ3v) is 5.16. The molecule has 2 aromatic rings. The summed E-state index contributed by atoms with van der Waals surface area (Å²) in [6.45, 7) is 8.67. The van der Waals surface area contributed by atoms with Crippen LogP contribution >= 0.6 is 11.3 Å². The van der Waals surface area contributed by atoms with Gasteiger partial charge in [0.15, 0.2) is 0 Å². The van der Waals surface area contributed by atoms with Crippen molar-refractivity contribution in [2.75, 3.05) is 6.54 Å². The van der Waals surface area contributed by atoms with Crippen molar-refractivity contribution in [1.82, 2.24) is 9.88 Å². The molecule has 1 heterocycles. The van der Waals surface area contributed by atoms with Gasteiger partial charge in [0.1, 0.15) is 16.6 Å². The summed E-state index contributed by atoms with van der Waals surface area (Å²) >= 11 is 1.29. The fourth-order valence-electron chi connectivity index (χ4n) is 2.76. The first-order valence-corrected chi connectivity index (χ1v) is 9.43. The van der Waals surface area contributed by atoms with Crippen LogP contribution in [-0.4, -0.2) is 28.3 Å². The van der Waals surface area contributed by atoms with E-state index in [2.05, 4.69) is 9.88 Å². The van der Waals surface area contributed by atoms with Gasteiger partial charge in [0.05, 0.1) is 17.7 Å². The highest BCUT2D eigenvalue weighted by atomic mass is 32.1. The molecular weight excluding hydrogens is 380 g/mol. The van der Waals surface area contributed by atoms with Gasteiger partial charge < -0.3 is 0 Å². The van der Waals surface area contributed by atoms with Gasteiger partial charge in [-0.1, -0.05) is 6.92 Å². The quantitative estimate of drug-likeness (QED) is 0.587. The molecule has 27 heavy (non-hydrogen) atoms. The summed E-state index contributed by atoms with van der Waals surface area (Å²) < 4.78 is 53.1. The number of nitrogens with zero attached hydrogens (tertiary/aromatic N) is 2. The van der Waals surface area contributed by atoms with Crippen LogP contribution in [0.2, 0.25) is 0 Å². The average Bonchev–Trinajstić information content (AvgIpc) is 2.92. The van der Waals surface area contributed by atoms with Gasteiger partial charge in [-0.2, -0.15) is 13.2 Å². The van der Waals surface area contributed by atoms with Gasteiger partial charge in [-0.05, 0) is 45.5 Å². The first-order chi connectivity index (χ1) is 12.5. The second-order valence-corrected chi connectivity index (χ2v) is 7.81. The lowest BCUT2D eigenvalue weighted by atomic mass is 10.1. The van der Waals surface area contributed by atoms with E-state index in [1.54, 1.807) is 0 Å². The number of aromatic nitrogens is 1. The van der Waals surface area contributed by atoms with Crippen molar-refractivity contribution < 1.29 is 22.4 Å². The summed E-state index contributed by atoms with van der Waals surface area (Å²) in [6.07, 6.45) is -4.55. The molecule has 0 spiro atoms. The normalized spacial score (nSPS) is 12.2. The Labute approximate surface area is 160 Å². The molecule has 0 amide bonds. The number of carbonyl (C=O) groups is 1. The summed E-state index contributed by atoms with van der Waals surface area (Å²) in [5.74, 6) is -1.06. The van der Waals surface area contributed by atoms with Crippen molar-refractivity contribution in [3.05, 3.63) is 39.5 Å². The van der Waals surface area contributed by atoms with Gasteiger partial charge in [-0.3, -0.25) is 9.69 Å². The monoisotopic (exact) mass is 402 g/mol. The van der Waals surface area contributed by atoms with E-state index in [9.17, 15) is 22.4 Å². The molecule has 0 bridgehead atoms. The molecule has 0 aliphatic heterocycles. The van der Waals surface area contributed by atoms with Crippen LogP contribution in [0.1, 0.15) is 43.1 Å². The Morgan fingerprint density at radius 3 is 2.44 bits per heavy atom. The molecule has 2 rings (SSSR count). The fraction of sp³-hybridized carbons (Fsp3) is 0.474. The zero-order valence-electron chi connectivity index (χ0n) is 15.7. The van der Waals surface area contributed by atoms with E-state index in [4.69, 9.17) is 0 Å². The molecule has 0 radical (unpaired) electrons. The van der Waals surface area contributed by atoms with Crippen molar-refractivity contribution in [2.45, 2.75) is 52.9 Å². The lowest BCUT2D eigenvalue weighted by Crippen LogP contribution is -2.29. The molecule has 0 fully saturated rings. The number of halogens is 4. The zero-order valence-corrected chi connectivity index (χ0v) is 16.5. The largest absolute Gasteiger partial charge is 0.416 e. The first kappa shape index (κ1) is 21.5. The lowest BCUT2D eigenvalue weighted by molar-refractivity contribution is -0.137.